The highest BCUT2D eigenvalue weighted by atomic mass is 16.6. The van der Waals surface area contributed by atoms with Gasteiger partial charge in [-0.15, -0.1) is 0 Å². The molecule has 1 amide bonds. The van der Waals surface area contributed by atoms with Gasteiger partial charge in [0.15, 0.2) is 12.2 Å². The number of nitrogens with one attached hydrogen (secondary N) is 1. The minimum atomic E-state index is -1.60. The van der Waals surface area contributed by atoms with Gasteiger partial charge in [-0.1, -0.05) is 10.2 Å². The average molecular weight is 497 g/mol. The second-order valence-electron chi connectivity index (χ2n) is 6.80. The summed E-state index contributed by atoms with van der Waals surface area (Å²) in [5.74, 6) is -4.90. The second kappa shape index (κ2) is 13.9. The Morgan fingerprint density at radius 3 is 2.20 bits per heavy atom. The SMILES string of the molecule is COC(=O)C1=C[C@H](OC(C)=O)[C@@H](NC(=O)CN=[N+]=[N-])[C@H]([C@@H](OC(C)=O)[C@@H](CN=[N+]=[N-])OC(C)=O)O1. The molecule has 1 aliphatic rings. The van der Waals surface area contributed by atoms with Crippen molar-refractivity contribution in [3.05, 3.63) is 32.7 Å². The molecule has 1 heterocycles. The Kier molecular flexibility index (Phi) is 11.4. The average Bonchev–Trinajstić information content (AvgIpc) is 2.78. The third-order valence-corrected chi connectivity index (χ3v) is 4.21. The van der Waals surface area contributed by atoms with E-state index in [1.54, 1.807) is 0 Å². The number of azide groups is 2. The molecule has 0 aromatic rings. The number of rotatable bonds is 11. The summed E-state index contributed by atoms with van der Waals surface area (Å²) in [6.45, 7) is 1.91. The fourth-order valence-corrected chi connectivity index (χ4v) is 3.06. The van der Waals surface area contributed by atoms with Gasteiger partial charge in [-0.2, -0.15) is 0 Å². The van der Waals surface area contributed by atoms with Crippen molar-refractivity contribution in [1.29, 1.82) is 0 Å². The molecule has 190 valence electrons. The Morgan fingerprint density at radius 2 is 1.69 bits per heavy atom. The minimum Gasteiger partial charge on any atom is -0.477 e. The zero-order valence-electron chi connectivity index (χ0n) is 19.1. The maximum absolute atomic E-state index is 12.3. The van der Waals surface area contributed by atoms with E-state index in [1.165, 1.54) is 0 Å². The molecule has 1 rings (SSSR count). The van der Waals surface area contributed by atoms with Crippen molar-refractivity contribution in [1.82, 2.24) is 5.32 Å². The van der Waals surface area contributed by atoms with Crippen LogP contribution in [-0.4, -0.2) is 80.4 Å². The lowest BCUT2D eigenvalue weighted by Gasteiger charge is -2.41. The van der Waals surface area contributed by atoms with E-state index in [0.717, 1.165) is 34.0 Å². The Hall–Kier alpha value is -4.49. The molecule has 0 saturated heterocycles. The predicted molar refractivity (Wildman–Crippen MR) is 112 cm³/mol. The van der Waals surface area contributed by atoms with E-state index in [2.05, 4.69) is 30.1 Å². The Labute approximate surface area is 197 Å². The quantitative estimate of drug-likeness (QED) is 0.135. The first kappa shape index (κ1) is 28.5. The third-order valence-electron chi connectivity index (χ3n) is 4.21. The summed E-state index contributed by atoms with van der Waals surface area (Å²) in [7, 11) is 1.04. The highest BCUT2D eigenvalue weighted by molar-refractivity contribution is 5.87. The summed E-state index contributed by atoms with van der Waals surface area (Å²) in [5.41, 5.74) is 17.2. The van der Waals surface area contributed by atoms with Crippen molar-refractivity contribution < 1.29 is 47.7 Å². The van der Waals surface area contributed by atoms with E-state index in [-0.39, 0.29) is 0 Å². The van der Waals surface area contributed by atoms with Crippen LogP contribution in [0.2, 0.25) is 0 Å². The fourth-order valence-electron chi connectivity index (χ4n) is 3.06. The van der Waals surface area contributed by atoms with Gasteiger partial charge >= 0.3 is 23.9 Å². The van der Waals surface area contributed by atoms with Gasteiger partial charge in [0.05, 0.1) is 13.7 Å². The van der Waals surface area contributed by atoms with Crippen LogP contribution >= 0.6 is 0 Å². The van der Waals surface area contributed by atoms with Gasteiger partial charge in [0.25, 0.3) is 0 Å². The molecule has 0 bridgehead atoms. The molecule has 1 N–H and O–H groups in total. The van der Waals surface area contributed by atoms with Crippen LogP contribution in [0.1, 0.15) is 20.8 Å². The van der Waals surface area contributed by atoms with Gasteiger partial charge < -0.3 is 29.0 Å². The first-order valence-corrected chi connectivity index (χ1v) is 9.83. The van der Waals surface area contributed by atoms with Gasteiger partial charge in [0.2, 0.25) is 11.7 Å². The number of methoxy groups -OCH3 is 1. The van der Waals surface area contributed by atoms with Crippen LogP contribution in [0.4, 0.5) is 0 Å². The molecule has 0 aromatic heterocycles. The maximum atomic E-state index is 12.3. The van der Waals surface area contributed by atoms with E-state index < -0.39 is 79.1 Å². The van der Waals surface area contributed by atoms with Crippen LogP contribution in [0.15, 0.2) is 22.1 Å². The first-order valence-electron chi connectivity index (χ1n) is 9.83. The van der Waals surface area contributed by atoms with Crippen molar-refractivity contribution in [2.45, 2.75) is 51.2 Å². The fraction of sp³-hybridized carbons (Fsp3) is 0.611. The van der Waals surface area contributed by atoms with Crippen LogP contribution in [0, 0.1) is 0 Å². The van der Waals surface area contributed by atoms with Crippen molar-refractivity contribution in [2.24, 2.45) is 10.2 Å². The molecule has 0 saturated carbocycles. The monoisotopic (exact) mass is 497 g/mol. The van der Waals surface area contributed by atoms with Crippen LogP contribution in [0.5, 0.6) is 0 Å². The lowest BCUT2D eigenvalue weighted by molar-refractivity contribution is -0.184. The molecule has 0 spiro atoms. The lowest BCUT2D eigenvalue weighted by Crippen LogP contribution is -2.62. The zero-order valence-corrected chi connectivity index (χ0v) is 19.1. The normalized spacial score (nSPS) is 20.1. The summed E-state index contributed by atoms with van der Waals surface area (Å²) < 4.78 is 25.9. The minimum absolute atomic E-state index is 0.480. The zero-order chi connectivity index (χ0) is 26.5. The largest absolute Gasteiger partial charge is 0.477 e. The Balaban J connectivity index is 3.66. The predicted octanol–water partition coefficient (Wildman–Crippen LogP) is 0.343. The summed E-state index contributed by atoms with van der Waals surface area (Å²) in [5, 5.41) is 8.89. The lowest BCUT2D eigenvalue weighted by atomic mass is 9.93. The van der Waals surface area contributed by atoms with Gasteiger partial charge in [0, 0.05) is 36.7 Å². The van der Waals surface area contributed by atoms with Crippen molar-refractivity contribution in [3.63, 3.8) is 0 Å². The molecule has 0 fully saturated rings. The third kappa shape index (κ3) is 9.11. The molecule has 35 heavy (non-hydrogen) atoms. The number of amides is 1. The highest BCUT2D eigenvalue weighted by Crippen LogP contribution is 2.28. The molecule has 5 atom stereocenters. The number of carbonyl (C=O) groups is 5. The summed E-state index contributed by atoms with van der Waals surface area (Å²) >= 11 is 0. The summed E-state index contributed by atoms with van der Waals surface area (Å²) in [4.78, 5) is 64.9. The molecule has 17 heteroatoms. The van der Waals surface area contributed by atoms with Crippen LogP contribution in [0.25, 0.3) is 20.9 Å². The summed E-state index contributed by atoms with van der Waals surface area (Å²) in [6.07, 6.45) is -4.95. The highest BCUT2D eigenvalue weighted by Gasteiger charge is 2.48. The number of carbonyl (C=O) groups excluding carboxylic acids is 5. The molecule has 0 radical (unpaired) electrons. The topological polar surface area (TPSA) is 241 Å². The van der Waals surface area contributed by atoms with Gasteiger partial charge in [-0.05, 0) is 11.1 Å². The van der Waals surface area contributed by atoms with Gasteiger partial charge in [-0.3, -0.25) is 19.2 Å². The molecular formula is C18H23N7O10. The molecule has 0 aromatic carbocycles. The molecule has 1 aliphatic heterocycles. The Bertz CT molecular complexity index is 967. The van der Waals surface area contributed by atoms with E-state index in [0.29, 0.717) is 0 Å². The van der Waals surface area contributed by atoms with Crippen LogP contribution in [0.3, 0.4) is 0 Å². The van der Waals surface area contributed by atoms with Crippen molar-refractivity contribution in [2.75, 3.05) is 20.2 Å². The molecule has 17 nitrogen and oxygen atoms in total. The number of nitrogens with zero attached hydrogens (tertiary/aromatic N) is 6. The van der Waals surface area contributed by atoms with Crippen LogP contribution < -0.4 is 5.32 Å². The molecular weight excluding hydrogens is 474 g/mol. The van der Waals surface area contributed by atoms with Crippen molar-refractivity contribution in [3.8, 4) is 0 Å². The van der Waals surface area contributed by atoms with E-state index in [9.17, 15) is 24.0 Å². The Morgan fingerprint density at radius 1 is 1.06 bits per heavy atom. The molecule has 0 unspecified atom stereocenters. The van der Waals surface area contributed by atoms with Gasteiger partial charge in [0.1, 0.15) is 24.8 Å². The maximum Gasteiger partial charge on any atom is 0.373 e. The number of ether oxygens (including phenoxy) is 5. The smallest absolute Gasteiger partial charge is 0.373 e. The summed E-state index contributed by atoms with van der Waals surface area (Å²) in [6, 6.07) is -1.37. The van der Waals surface area contributed by atoms with E-state index in [1.807, 2.05) is 0 Å². The second-order valence-corrected chi connectivity index (χ2v) is 6.80. The number of hydrogen-bond donors (Lipinski definition) is 1. The van der Waals surface area contributed by atoms with Crippen molar-refractivity contribution >= 4 is 29.8 Å². The first-order chi connectivity index (χ1) is 16.5. The molecule has 0 aliphatic carbocycles. The number of hydrogen-bond acceptors (Lipinski definition) is 12. The van der Waals surface area contributed by atoms with E-state index in [4.69, 9.17) is 30.0 Å². The van der Waals surface area contributed by atoms with Crippen LogP contribution in [-0.2, 0) is 47.7 Å². The standard InChI is InChI=1S/C18H23N7O10/c1-8(26)32-11-5-12(18(30)31-4)35-17(15(11)23-14(29)7-22-25-20)16(34-10(3)28)13(6-21-24-19)33-9(2)27/h5,11,13,15-17H,6-7H2,1-4H3,(H,23,29)/t11-,13+,15+,16-,17+/m0/s1. The van der Waals surface area contributed by atoms with E-state index >= 15 is 0 Å². The number of esters is 4. The van der Waals surface area contributed by atoms with Gasteiger partial charge in [-0.25, -0.2) is 4.79 Å².